The largest absolute Gasteiger partial charge is 0.287 e. The standard InChI is InChI=1S/C7H5ClFN3/c8-3-5-4-10-7-11-6(9)1-2-12(5)7/h1-2,4H,3H2. The van der Waals surface area contributed by atoms with Crippen LogP contribution in [0.2, 0.25) is 0 Å². The van der Waals surface area contributed by atoms with E-state index in [2.05, 4.69) is 9.97 Å². The van der Waals surface area contributed by atoms with Crippen LogP contribution in [0, 0.1) is 5.95 Å². The summed E-state index contributed by atoms with van der Waals surface area (Å²) in [5.74, 6) is 0.147. The number of alkyl halides is 1. The van der Waals surface area contributed by atoms with Crippen molar-refractivity contribution in [1.82, 2.24) is 14.4 Å². The van der Waals surface area contributed by atoms with Crippen LogP contribution in [-0.2, 0) is 5.88 Å². The zero-order chi connectivity index (χ0) is 8.55. The lowest BCUT2D eigenvalue weighted by atomic mass is 10.5. The van der Waals surface area contributed by atoms with Crippen molar-refractivity contribution in [2.75, 3.05) is 0 Å². The van der Waals surface area contributed by atoms with Crippen LogP contribution in [0.4, 0.5) is 4.39 Å². The molecule has 0 bridgehead atoms. The van der Waals surface area contributed by atoms with Crippen molar-refractivity contribution in [2.45, 2.75) is 5.88 Å². The first-order valence-electron chi connectivity index (χ1n) is 3.35. The Balaban J connectivity index is 2.73. The first-order chi connectivity index (χ1) is 5.81. The van der Waals surface area contributed by atoms with E-state index in [4.69, 9.17) is 11.6 Å². The fraction of sp³-hybridized carbons (Fsp3) is 0.143. The van der Waals surface area contributed by atoms with Crippen molar-refractivity contribution in [1.29, 1.82) is 0 Å². The van der Waals surface area contributed by atoms with Crippen molar-refractivity contribution in [3.63, 3.8) is 0 Å². The summed E-state index contributed by atoms with van der Waals surface area (Å²) in [6.45, 7) is 0. The fourth-order valence-corrected chi connectivity index (χ4v) is 1.20. The lowest BCUT2D eigenvalue weighted by molar-refractivity contribution is 0.582. The van der Waals surface area contributed by atoms with Crippen LogP contribution in [0.3, 0.4) is 0 Å². The van der Waals surface area contributed by atoms with Gasteiger partial charge in [0.2, 0.25) is 11.7 Å². The maximum atomic E-state index is 12.6. The normalized spacial score (nSPS) is 10.8. The van der Waals surface area contributed by atoms with Gasteiger partial charge in [-0.25, -0.2) is 4.98 Å². The lowest BCUT2D eigenvalue weighted by Crippen LogP contribution is -1.93. The van der Waals surface area contributed by atoms with Crippen LogP contribution in [0.5, 0.6) is 0 Å². The monoisotopic (exact) mass is 185 g/mol. The van der Waals surface area contributed by atoms with Gasteiger partial charge in [-0.05, 0) is 0 Å². The third-order valence-corrected chi connectivity index (χ3v) is 1.83. The molecule has 0 atom stereocenters. The zero-order valence-electron chi connectivity index (χ0n) is 6.04. The maximum absolute atomic E-state index is 12.6. The Labute approximate surface area is 72.8 Å². The minimum atomic E-state index is -0.533. The van der Waals surface area contributed by atoms with E-state index >= 15 is 0 Å². The van der Waals surface area contributed by atoms with Crippen molar-refractivity contribution < 1.29 is 4.39 Å². The van der Waals surface area contributed by atoms with Gasteiger partial charge >= 0.3 is 0 Å². The third-order valence-electron chi connectivity index (χ3n) is 1.56. The number of hydrogen-bond donors (Lipinski definition) is 0. The van der Waals surface area contributed by atoms with Crippen LogP contribution < -0.4 is 0 Å². The molecule has 0 aliphatic rings. The highest BCUT2D eigenvalue weighted by atomic mass is 35.5. The van der Waals surface area contributed by atoms with Gasteiger partial charge in [0.25, 0.3) is 0 Å². The molecule has 3 nitrogen and oxygen atoms in total. The Hall–Kier alpha value is -1.16. The van der Waals surface area contributed by atoms with E-state index in [1.165, 1.54) is 6.07 Å². The second kappa shape index (κ2) is 2.71. The highest BCUT2D eigenvalue weighted by Gasteiger charge is 2.02. The smallest absolute Gasteiger partial charge is 0.236 e. The predicted octanol–water partition coefficient (Wildman–Crippen LogP) is 1.61. The summed E-state index contributed by atoms with van der Waals surface area (Å²) in [4.78, 5) is 7.45. The quantitative estimate of drug-likeness (QED) is 0.499. The number of nitrogens with zero attached hydrogens (tertiary/aromatic N) is 3. The van der Waals surface area contributed by atoms with Crippen LogP contribution >= 0.6 is 11.6 Å². The molecule has 0 spiro atoms. The van der Waals surface area contributed by atoms with Gasteiger partial charge in [-0.3, -0.25) is 4.40 Å². The molecular weight excluding hydrogens is 181 g/mol. The van der Waals surface area contributed by atoms with E-state index in [1.807, 2.05) is 0 Å². The molecule has 2 aromatic heterocycles. The van der Waals surface area contributed by atoms with E-state index in [0.717, 1.165) is 5.69 Å². The number of imidazole rings is 1. The summed E-state index contributed by atoms with van der Waals surface area (Å²) in [5, 5.41) is 0. The summed E-state index contributed by atoms with van der Waals surface area (Å²) in [7, 11) is 0. The average molecular weight is 186 g/mol. The van der Waals surface area contributed by atoms with Gasteiger partial charge in [-0.2, -0.15) is 9.37 Å². The van der Waals surface area contributed by atoms with Crippen LogP contribution in [0.15, 0.2) is 18.5 Å². The van der Waals surface area contributed by atoms with Crippen molar-refractivity contribution >= 4 is 17.4 Å². The minimum absolute atomic E-state index is 0.339. The SMILES string of the molecule is Fc1ccn2c(CCl)cnc2n1. The van der Waals surface area contributed by atoms with Gasteiger partial charge in [-0.1, -0.05) is 0 Å². The van der Waals surface area contributed by atoms with Gasteiger partial charge in [-0.15, -0.1) is 11.6 Å². The summed E-state index contributed by atoms with van der Waals surface area (Å²) >= 11 is 5.60. The van der Waals surface area contributed by atoms with E-state index in [1.54, 1.807) is 16.8 Å². The van der Waals surface area contributed by atoms with Crippen LogP contribution in [0.1, 0.15) is 5.69 Å². The van der Waals surface area contributed by atoms with Gasteiger partial charge in [0.15, 0.2) is 0 Å². The molecule has 0 saturated carbocycles. The first-order valence-corrected chi connectivity index (χ1v) is 3.89. The summed E-state index contributed by atoms with van der Waals surface area (Å²) in [6, 6.07) is 1.27. The topological polar surface area (TPSA) is 30.2 Å². The summed E-state index contributed by atoms with van der Waals surface area (Å²) in [6.07, 6.45) is 3.14. The summed E-state index contributed by atoms with van der Waals surface area (Å²) < 4.78 is 14.2. The number of halogens is 2. The van der Waals surface area contributed by atoms with Crippen LogP contribution in [-0.4, -0.2) is 14.4 Å². The van der Waals surface area contributed by atoms with Gasteiger partial charge < -0.3 is 0 Å². The van der Waals surface area contributed by atoms with Crippen molar-refractivity contribution in [3.8, 4) is 0 Å². The highest BCUT2D eigenvalue weighted by Crippen LogP contribution is 2.06. The Morgan fingerprint density at radius 2 is 2.42 bits per heavy atom. The van der Waals surface area contributed by atoms with Crippen molar-refractivity contribution in [2.24, 2.45) is 0 Å². The Kier molecular flexibility index (Phi) is 1.69. The average Bonchev–Trinajstić information content (AvgIpc) is 2.46. The fourth-order valence-electron chi connectivity index (χ4n) is 0.998. The number of rotatable bonds is 1. The van der Waals surface area contributed by atoms with E-state index in [9.17, 15) is 4.39 Å². The molecule has 0 radical (unpaired) electrons. The van der Waals surface area contributed by atoms with Gasteiger partial charge in [0, 0.05) is 12.3 Å². The van der Waals surface area contributed by atoms with E-state index in [0.29, 0.717) is 11.7 Å². The van der Waals surface area contributed by atoms with E-state index in [-0.39, 0.29) is 0 Å². The second-order valence-corrected chi connectivity index (χ2v) is 2.57. The summed E-state index contributed by atoms with van der Waals surface area (Å²) in [5.41, 5.74) is 0.805. The molecule has 62 valence electrons. The highest BCUT2D eigenvalue weighted by molar-refractivity contribution is 6.16. The molecule has 12 heavy (non-hydrogen) atoms. The third kappa shape index (κ3) is 1.04. The molecule has 0 unspecified atom stereocenters. The minimum Gasteiger partial charge on any atom is -0.287 e. The Morgan fingerprint density at radius 1 is 1.58 bits per heavy atom. The first kappa shape index (κ1) is 7.49. The molecule has 0 aromatic carbocycles. The Bertz CT molecular complexity index is 412. The molecule has 0 saturated heterocycles. The molecule has 0 fully saturated rings. The number of fused-ring (bicyclic) bond motifs is 1. The predicted molar refractivity (Wildman–Crippen MR) is 42.5 cm³/mol. The Morgan fingerprint density at radius 3 is 3.17 bits per heavy atom. The maximum Gasteiger partial charge on any atom is 0.236 e. The zero-order valence-corrected chi connectivity index (χ0v) is 6.79. The molecule has 0 amide bonds. The molecule has 2 rings (SSSR count). The number of aromatic nitrogens is 3. The molecule has 2 aromatic rings. The lowest BCUT2D eigenvalue weighted by Gasteiger charge is -1.94. The van der Waals surface area contributed by atoms with E-state index < -0.39 is 5.95 Å². The molecule has 2 heterocycles. The molecule has 0 aliphatic heterocycles. The molecular formula is C7H5ClFN3. The number of hydrogen-bond acceptors (Lipinski definition) is 2. The molecule has 5 heteroatoms. The second-order valence-electron chi connectivity index (χ2n) is 2.30. The van der Waals surface area contributed by atoms with Gasteiger partial charge in [0.05, 0.1) is 17.8 Å². The van der Waals surface area contributed by atoms with Crippen LogP contribution in [0.25, 0.3) is 5.78 Å². The molecule has 0 aliphatic carbocycles. The molecule has 0 N–H and O–H groups in total. The van der Waals surface area contributed by atoms with Crippen molar-refractivity contribution in [3.05, 3.63) is 30.1 Å². The van der Waals surface area contributed by atoms with Gasteiger partial charge in [0.1, 0.15) is 0 Å².